The Hall–Kier alpha value is -4.53. The summed E-state index contributed by atoms with van der Waals surface area (Å²) in [4.78, 5) is 32.4. The van der Waals surface area contributed by atoms with Crippen LogP contribution in [-0.2, 0) is 11.2 Å². The van der Waals surface area contributed by atoms with Crippen molar-refractivity contribution in [1.29, 1.82) is 0 Å². The standard InChI is InChI=1S/C25H21N7O2/c33-24-21(30-25(34)31-24)12-18-14-27-32-22(28-19-5-6-19)13-20(29-23(18)32)11-15-1-3-16(4-2-15)17-7-9-26-10-8-17/h1-4,7-10,12-14,19,28H,5-6,11H2,(H2,30,31,33,34)/b21-12-. The van der Waals surface area contributed by atoms with E-state index in [9.17, 15) is 9.59 Å². The summed E-state index contributed by atoms with van der Waals surface area (Å²) in [5.41, 5.74) is 5.72. The number of fused-ring (bicyclic) bond motifs is 1. The molecule has 1 saturated carbocycles. The molecule has 0 bridgehead atoms. The van der Waals surface area contributed by atoms with Crippen molar-refractivity contribution >= 4 is 29.5 Å². The Balaban J connectivity index is 1.34. The van der Waals surface area contributed by atoms with Gasteiger partial charge in [0.25, 0.3) is 5.91 Å². The molecule has 0 spiro atoms. The molecule has 1 aliphatic carbocycles. The average molecular weight is 451 g/mol. The fourth-order valence-electron chi connectivity index (χ4n) is 3.97. The van der Waals surface area contributed by atoms with Gasteiger partial charge in [0.15, 0.2) is 5.65 Å². The van der Waals surface area contributed by atoms with Crippen molar-refractivity contribution in [3.8, 4) is 11.1 Å². The van der Waals surface area contributed by atoms with Gasteiger partial charge in [0.2, 0.25) is 0 Å². The number of nitrogens with one attached hydrogen (secondary N) is 3. The van der Waals surface area contributed by atoms with Gasteiger partial charge in [-0.05, 0) is 47.7 Å². The molecule has 3 aromatic heterocycles. The number of amides is 3. The number of carbonyl (C=O) groups is 2. The minimum atomic E-state index is -0.535. The molecule has 2 fully saturated rings. The first-order chi connectivity index (χ1) is 16.6. The molecule has 4 heterocycles. The fourth-order valence-corrected chi connectivity index (χ4v) is 3.97. The zero-order valence-corrected chi connectivity index (χ0v) is 18.2. The summed E-state index contributed by atoms with van der Waals surface area (Å²) in [5, 5.41) is 12.7. The Labute approximate surface area is 194 Å². The van der Waals surface area contributed by atoms with Crippen molar-refractivity contribution in [2.45, 2.75) is 25.3 Å². The summed E-state index contributed by atoms with van der Waals surface area (Å²) in [5.74, 6) is 0.395. The summed E-state index contributed by atoms with van der Waals surface area (Å²) in [6.45, 7) is 0. The highest BCUT2D eigenvalue weighted by Gasteiger charge is 2.25. The molecule has 6 rings (SSSR count). The minimum Gasteiger partial charge on any atom is -0.367 e. The molecule has 9 heteroatoms. The van der Waals surface area contributed by atoms with Crippen molar-refractivity contribution in [3.63, 3.8) is 0 Å². The Bertz CT molecular complexity index is 1440. The van der Waals surface area contributed by atoms with Crippen LogP contribution in [0.3, 0.4) is 0 Å². The maximum Gasteiger partial charge on any atom is 0.326 e. The number of imide groups is 1. The van der Waals surface area contributed by atoms with E-state index in [1.807, 2.05) is 18.2 Å². The SMILES string of the molecule is O=C1NC(=O)/C(=C/c2cnn3c(NC4CC4)cc(Cc4ccc(-c5ccncc5)cc4)nc23)N1. The minimum absolute atomic E-state index is 0.176. The zero-order valence-electron chi connectivity index (χ0n) is 18.2. The topological polar surface area (TPSA) is 113 Å². The van der Waals surface area contributed by atoms with E-state index in [-0.39, 0.29) is 5.70 Å². The average Bonchev–Trinajstić information content (AvgIpc) is 3.48. The third-order valence-corrected chi connectivity index (χ3v) is 5.85. The molecule has 168 valence electrons. The summed E-state index contributed by atoms with van der Waals surface area (Å²) in [6.07, 6.45) is 9.72. The van der Waals surface area contributed by atoms with Crippen LogP contribution in [0, 0.1) is 0 Å². The normalized spacial score (nSPS) is 16.6. The Kier molecular flexibility index (Phi) is 4.80. The maximum absolute atomic E-state index is 12.0. The van der Waals surface area contributed by atoms with Gasteiger partial charge in [0, 0.05) is 36.5 Å². The van der Waals surface area contributed by atoms with Gasteiger partial charge in [-0.25, -0.2) is 9.78 Å². The predicted molar refractivity (Wildman–Crippen MR) is 127 cm³/mol. The highest BCUT2D eigenvalue weighted by molar-refractivity contribution is 6.14. The molecule has 0 radical (unpaired) electrons. The van der Waals surface area contributed by atoms with E-state index in [4.69, 9.17) is 4.98 Å². The first-order valence-electron chi connectivity index (χ1n) is 11.1. The molecular formula is C25H21N7O2. The molecule has 0 atom stereocenters. The van der Waals surface area contributed by atoms with Gasteiger partial charge in [-0.3, -0.25) is 15.1 Å². The largest absolute Gasteiger partial charge is 0.367 e. The summed E-state index contributed by atoms with van der Waals surface area (Å²) < 4.78 is 1.75. The molecule has 34 heavy (non-hydrogen) atoms. The van der Waals surface area contributed by atoms with Crippen molar-refractivity contribution in [3.05, 3.63) is 83.6 Å². The van der Waals surface area contributed by atoms with Crippen LogP contribution in [0.15, 0.2) is 66.8 Å². The van der Waals surface area contributed by atoms with Crippen LogP contribution in [0.5, 0.6) is 0 Å². The van der Waals surface area contributed by atoms with Crippen LogP contribution >= 0.6 is 0 Å². The molecule has 9 nitrogen and oxygen atoms in total. The molecule has 4 aromatic rings. The highest BCUT2D eigenvalue weighted by Crippen LogP contribution is 2.27. The predicted octanol–water partition coefficient (Wildman–Crippen LogP) is 3.14. The van der Waals surface area contributed by atoms with E-state index in [1.54, 1.807) is 29.2 Å². The third-order valence-electron chi connectivity index (χ3n) is 5.85. The molecule has 1 saturated heterocycles. The van der Waals surface area contributed by atoms with E-state index < -0.39 is 11.9 Å². The van der Waals surface area contributed by atoms with Crippen molar-refractivity contribution in [1.82, 2.24) is 30.2 Å². The van der Waals surface area contributed by atoms with Crippen molar-refractivity contribution in [2.24, 2.45) is 0 Å². The van der Waals surface area contributed by atoms with Crippen LogP contribution in [0.4, 0.5) is 10.6 Å². The first-order valence-corrected chi connectivity index (χ1v) is 11.1. The quantitative estimate of drug-likeness (QED) is 0.307. The van der Waals surface area contributed by atoms with E-state index in [0.717, 1.165) is 41.0 Å². The number of urea groups is 1. The number of carbonyl (C=O) groups excluding carboxylic acids is 2. The first kappa shape index (κ1) is 20.1. The third kappa shape index (κ3) is 3.99. The molecule has 3 amide bonds. The Morgan fingerprint density at radius 3 is 2.50 bits per heavy atom. The maximum atomic E-state index is 12.0. The van der Waals surface area contributed by atoms with Gasteiger partial charge in [-0.1, -0.05) is 24.3 Å². The second-order valence-corrected chi connectivity index (χ2v) is 8.46. The van der Waals surface area contributed by atoms with Gasteiger partial charge in [0.1, 0.15) is 11.5 Å². The lowest BCUT2D eigenvalue weighted by atomic mass is 10.0. The van der Waals surface area contributed by atoms with Gasteiger partial charge in [-0.2, -0.15) is 9.61 Å². The van der Waals surface area contributed by atoms with Gasteiger partial charge < -0.3 is 10.6 Å². The summed E-state index contributed by atoms with van der Waals surface area (Å²) in [7, 11) is 0. The summed E-state index contributed by atoms with van der Waals surface area (Å²) in [6, 6.07) is 14.3. The van der Waals surface area contributed by atoms with Crippen LogP contribution in [-0.4, -0.2) is 37.6 Å². The second kappa shape index (κ2) is 8.11. The van der Waals surface area contributed by atoms with Crippen LogP contribution < -0.4 is 16.0 Å². The van der Waals surface area contributed by atoms with E-state index in [0.29, 0.717) is 23.7 Å². The number of rotatable bonds is 6. The molecular weight excluding hydrogens is 430 g/mol. The number of anilines is 1. The number of hydrogen-bond acceptors (Lipinski definition) is 6. The molecule has 2 aliphatic rings. The van der Waals surface area contributed by atoms with E-state index in [2.05, 4.69) is 50.3 Å². The van der Waals surface area contributed by atoms with E-state index >= 15 is 0 Å². The zero-order chi connectivity index (χ0) is 23.1. The van der Waals surface area contributed by atoms with Crippen LogP contribution in [0.25, 0.3) is 22.9 Å². The lowest BCUT2D eigenvalue weighted by molar-refractivity contribution is -0.115. The molecule has 1 aliphatic heterocycles. The number of nitrogens with zero attached hydrogens (tertiary/aromatic N) is 4. The second-order valence-electron chi connectivity index (χ2n) is 8.46. The number of benzene rings is 1. The molecule has 1 aromatic carbocycles. The van der Waals surface area contributed by atoms with Crippen molar-refractivity contribution < 1.29 is 9.59 Å². The van der Waals surface area contributed by atoms with Gasteiger partial charge in [-0.15, -0.1) is 0 Å². The highest BCUT2D eigenvalue weighted by atomic mass is 16.2. The Morgan fingerprint density at radius 2 is 1.79 bits per heavy atom. The van der Waals surface area contributed by atoms with E-state index in [1.165, 1.54) is 0 Å². The Morgan fingerprint density at radius 1 is 1.03 bits per heavy atom. The monoisotopic (exact) mass is 451 g/mol. The van der Waals surface area contributed by atoms with Crippen molar-refractivity contribution in [2.75, 3.05) is 5.32 Å². The van der Waals surface area contributed by atoms with Gasteiger partial charge >= 0.3 is 6.03 Å². The number of aromatic nitrogens is 4. The fraction of sp³-hybridized carbons (Fsp3) is 0.160. The number of hydrogen-bond donors (Lipinski definition) is 3. The molecule has 3 N–H and O–H groups in total. The summed E-state index contributed by atoms with van der Waals surface area (Å²) >= 11 is 0. The molecule has 0 unspecified atom stereocenters. The smallest absolute Gasteiger partial charge is 0.326 e. The van der Waals surface area contributed by atoms with Gasteiger partial charge in [0.05, 0.1) is 11.9 Å². The van der Waals surface area contributed by atoms with Crippen LogP contribution in [0.2, 0.25) is 0 Å². The van der Waals surface area contributed by atoms with Crippen LogP contribution in [0.1, 0.15) is 29.7 Å². The number of pyridine rings is 1. The lowest BCUT2D eigenvalue weighted by Crippen LogP contribution is -2.22. The lowest BCUT2D eigenvalue weighted by Gasteiger charge is -2.11.